The first kappa shape index (κ1) is 13.1. The van der Waals surface area contributed by atoms with Crippen LogP contribution in [0.3, 0.4) is 0 Å². The molecule has 0 aliphatic heterocycles. The van der Waals surface area contributed by atoms with Gasteiger partial charge in [-0.1, -0.05) is 5.16 Å². The summed E-state index contributed by atoms with van der Waals surface area (Å²) < 4.78 is 33.5. The van der Waals surface area contributed by atoms with Gasteiger partial charge in [0.15, 0.2) is 9.84 Å². The molecule has 0 radical (unpaired) electrons. The molecule has 1 heterocycles. The van der Waals surface area contributed by atoms with E-state index >= 15 is 0 Å². The van der Waals surface area contributed by atoms with Gasteiger partial charge in [-0.2, -0.15) is 0 Å². The average molecular weight is 273 g/mol. The van der Waals surface area contributed by atoms with Gasteiger partial charge in [0.2, 0.25) is 0 Å². The number of nitrogens with zero attached hydrogens (tertiary/aromatic N) is 1. The van der Waals surface area contributed by atoms with Gasteiger partial charge in [0.25, 0.3) is 0 Å². The van der Waals surface area contributed by atoms with E-state index in [2.05, 4.69) is 5.16 Å². The van der Waals surface area contributed by atoms with E-state index in [9.17, 15) is 13.2 Å². The number of esters is 1. The molecule has 0 N–H and O–H groups in total. The first-order valence-electron chi connectivity index (χ1n) is 5.79. The van der Waals surface area contributed by atoms with Crippen LogP contribution in [0.5, 0.6) is 0 Å². The van der Waals surface area contributed by atoms with Crippen LogP contribution in [-0.2, 0) is 20.3 Å². The largest absolute Gasteiger partial charge is 0.462 e. The van der Waals surface area contributed by atoms with Crippen molar-refractivity contribution in [1.82, 2.24) is 5.16 Å². The van der Waals surface area contributed by atoms with Crippen molar-refractivity contribution in [3.63, 3.8) is 0 Å². The highest BCUT2D eigenvalue weighted by molar-refractivity contribution is 7.91. The van der Waals surface area contributed by atoms with E-state index in [1.165, 1.54) is 0 Å². The third kappa shape index (κ3) is 2.55. The predicted octanol–water partition coefficient (Wildman–Crippen LogP) is 1.24. The number of aromatic nitrogens is 1. The van der Waals surface area contributed by atoms with E-state index in [0.29, 0.717) is 12.8 Å². The maximum absolute atomic E-state index is 11.9. The number of hydrogen-bond acceptors (Lipinski definition) is 6. The minimum Gasteiger partial charge on any atom is -0.462 e. The molecule has 1 saturated carbocycles. The molecular formula is C11H15NO5S. The fourth-order valence-corrected chi connectivity index (χ4v) is 3.39. The van der Waals surface area contributed by atoms with Crippen molar-refractivity contribution >= 4 is 15.8 Å². The Bertz CT molecular complexity index is 556. The molecule has 0 saturated heterocycles. The number of carbonyl (C=O) groups is 1. The van der Waals surface area contributed by atoms with Gasteiger partial charge in [-0.25, -0.2) is 13.2 Å². The van der Waals surface area contributed by atoms with Crippen LogP contribution in [-0.4, -0.2) is 31.4 Å². The van der Waals surface area contributed by atoms with Crippen LogP contribution < -0.4 is 0 Å². The van der Waals surface area contributed by atoms with Crippen molar-refractivity contribution in [3.8, 4) is 0 Å². The van der Waals surface area contributed by atoms with E-state index in [4.69, 9.17) is 9.26 Å². The summed E-state index contributed by atoms with van der Waals surface area (Å²) in [4.78, 5) is 11.7. The summed E-state index contributed by atoms with van der Waals surface area (Å²) in [5, 5.41) is 3.37. The zero-order valence-corrected chi connectivity index (χ0v) is 11.1. The lowest BCUT2D eigenvalue weighted by molar-refractivity contribution is 0.0523. The van der Waals surface area contributed by atoms with Gasteiger partial charge in [-0.15, -0.1) is 0 Å². The lowest BCUT2D eigenvalue weighted by Crippen LogP contribution is -2.14. The molecule has 0 aromatic carbocycles. The highest BCUT2D eigenvalue weighted by atomic mass is 32.2. The summed E-state index contributed by atoms with van der Waals surface area (Å²) in [7, 11) is -3.23. The van der Waals surface area contributed by atoms with Crippen LogP contribution >= 0.6 is 0 Å². The molecule has 0 amide bonds. The SMILES string of the molecule is CCOC(=O)c1c(CS(=O)(=O)C2CC2)noc1C. The zero-order valence-electron chi connectivity index (χ0n) is 10.3. The molecule has 1 aromatic rings. The Morgan fingerprint density at radius 3 is 2.72 bits per heavy atom. The van der Waals surface area contributed by atoms with E-state index < -0.39 is 15.8 Å². The second kappa shape index (κ2) is 4.72. The lowest BCUT2D eigenvalue weighted by Gasteiger charge is -2.03. The standard InChI is InChI=1S/C11H15NO5S/c1-3-16-11(13)10-7(2)17-12-9(10)6-18(14,15)8-4-5-8/h8H,3-6H2,1-2H3. The van der Waals surface area contributed by atoms with Gasteiger partial charge in [-0.3, -0.25) is 0 Å². The number of ether oxygens (including phenoxy) is 1. The third-order valence-corrected chi connectivity index (χ3v) is 4.95. The number of sulfone groups is 1. The smallest absolute Gasteiger partial charge is 0.343 e. The monoisotopic (exact) mass is 273 g/mol. The summed E-state index contributed by atoms with van der Waals surface area (Å²) in [6, 6.07) is 0. The predicted molar refractivity (Wildman–Crippen MR) is 62.8 cm³/mol. The summed E-state index contributed by atoms with van der Waals surface area (Å²) in [5.41, 5.74) is 0.291. The fraction of sp³-hybridized carbons (Fsp3) is 0.636. The lowest BCUT2D eigenvalue weighted by atomic mass is 10.2. The fourth-order valence-electron chi connectivity index (χ4n) is 1.72. The van der Waals surface area contributed by atoms with Crippen molar-refractivity contribution in [2.24, 2.45) is 0 Å². The summed E-state index contributed by atoms with van der Waals surface area (Å²) in [5.74, 6) is -0.560. The molecular weight excluding hydrogens is 258 g/mol. The highest BCUT2D eigenvalue weighted by Crippen LogP contribution is 2.31. The Kier molecular flexibility index (Phi) is 3.43. The van der Waals surface area contributed by atoms with E-state index in [0.717, 1.165) is 0 Å². The second-order valence-corrected chi connectivity index (χ2v) is 6.57. The van der Waals surface area contributed by atoms with Crippen molar-refractivity contribution in [2.45, 2.75) is 37.7 Å². The normalized spacial score (nSPS) is 15.7. The zero-order chi connectivity index (χ0) is 13.3. The molecule has 0 atom stereocenters. The second-order valence-electron chi connectivity index (χ2n) is 4.29. The van der Waals surface area contributed by atoms with Crippen molar-refractivity contribution in [1.29, 1.82) is 0 Å². The maximum Gasteiger partial charge on any atom is 0.343 e. The van der Waals surface area contributed by atoms with Gasteiger partial charge in [0.05, 0.1) is 17.6 Å². The van der Waals surface area contributed by atoms with Gasteiger partial charge < -0.3 is 9.26 Å². The van der Waals surface area contributed by atoms with E-state index in [1.54, 1.807) is 13.8 Å². The van der Waals surface area contributed by atoms with Crippen LogP contribution in [0.4, 0.5) is 0 Å². The minimum absolute atomic E-state index is 0.140. The Labute approximate surface area is 105 Å². The molecule has 1 fully saturated rings. The Balaban J connectivity index is 2.26. The molecule has 6 nitrogen and oxygen atoms in total. The number of rotatable bonds is 5. The Morgan fingerprint density at radius 1 is 1.50 bits per heavy atom. The first-order valence-corrected chi connectivity index (χ1v) is 7.51. The Hall–Kier alpha value is -1.37. The molecule has 1 aliphatic rings. The first-order chi connectivity index (χ1) is 8.45. The quantitative estimate of drug-likeness (QED) is 0.750. The molecule has 0 unspecified atom stereocenters. The molecule has 100 valence electrons. The van der Waals surface area contributed by atoms with Gasteiger partial charge in [-0.05, 0) is 26.7 Å². The summed E-state index contributed by atoms with van der Waals surface area (Å²) >= 11 is 0. The number of carbonyl (C=O) groups excluding carboxylic acids is 1. The van der Waals surface area contributed by atoms with Gasteiger partial charge in [0, 0.05) is 0 Å². The molecule has 18 heavy (non-hydrogen) atoms. The topological polar surface area (TPSA) is 86.5 Å². The van der Waals surface area contributed by atoms with Crippen molar-refractivity contribution < 1.29 is 22.5 Å². The highest BCUT2D eigenvalue weighted by Gasteiger charge is 2.37. The molecule has 2 rings (SSSR count). The van der Waals surface area contributed by atoms with Crippen LogP contribution in [0, 0.1) is 6.92 Å². The van der Waals surface area contributed by atoms with Gasteiger partial charge in [0.1, 0.15) is 17.0 Å². The van der Waals surface area contributed by atoms with Crippen molar-refractivity contribution in [2.75, 3.05) is 6.61 Å². The van der Waals surface area contributed by atoms with Crippen LogP contribution in [0.25, 0.3) is 0 Å². The third-order valence-electron chi connectivity index (χ3n) is 2.78. The maximum atomic E-state index is 11.9. The minimum atomic E-state index is -3.23. The molecule has 0 bridgehead atoms. The summed E-state index contributed by atoms with van der Waals surface area (Å²) in [6.07, 6.45) is 1.38. The molecule has 1 aromatic heterocycles. The van der Waals surface area contributed by atoms with Gasteiger partial charge >= 0.3 is 5.97 Å². The van der Waals surface area contributed by atoms with Crippen LogP contribution in [0.1, 0.15) is 41.6 Å². The average Bonchev–Trinajstić information content (AvgIpc) is 3.06. The number of aryl methyl sites for hydroxylation is 1. The van der Waals surface area contributed by atoms with Crippen LogP contribution in [0.15, 0.2) is 4.52 Å². The Morgan fingerprint density at radius 2 is 2.17 bits per heavy atom. The number of hydrogen-bond donors (Lipinski definition) is 0. The molecule has 1 aliphatic carbocycles. The molecule has 7 heteroatoms. The molecule has 0 spiro atoms. The van der Waals surface area contributed by atoms with Crippen molar-refractivity contribution in [3.05, 3.63) is 17.0 Å². The van der Waals surface area contributed by atoms with E-state index in [-0.39, 0.29) is 34.6 Å². The summed E-state index contributed by atoms with van der Waals surface area (Å²) in [6.45, 7) is 3.46. The van der Waals surface area contributed by atoms with E-state index in [1.807, 2.05) is 0 Å². The van der Waals surface area contributed by atoms with Crippen LogP contribution in [0.2, 0.25) is 0 Å².